The normalized spacial score (nSPS) is 16.0. The van der Waals surface area contributed by atoms with Crippen molar-refractivity contribution >= 4 is 11.6 Å². The summed E-state index contributed by atoms with van der Waals surface area (Å²) in [5.74, 6) is -0.272. The van der Waals surface area contributed by atoms with Gasteiger partial charge in [-0.1, -0.05) is 39.2 Å². The molecular formula is C18H28N2O3. The minimum absolute atomic E-state index is 0.0128. The maximum atomic E-state index is 12.3. The van der Waals surface area contributed by atoms with Crippen LogP contribution < -0.4 is 5.32 Å². The van der Waals surface area contributed by atoms with Crippen LogP contribution in [0.1, 0.15) is 69.9 Å². The molecule has 5 nitrogen and oxygen atoms in total. The highest BCUT2D eigenvalue weighted by Gasteiger charge is 2.22. The summed E-state index contributed by atoms with van der Waals surface area (Å²) in [7, 11) is 0. The molecule has 1 aliphatic rings. The quantitative estimate of drug-likeness (QED) is 0.656. The Morgan fingerprint density at radius 2 is 1.87 bits per heavy atom. The van der Waals surface area contributed by atoms with Crippen LogP contribution >= 0.6 is 0 Å². The molecule has 0 aliphatic heterocycles. The van der Waals surface area contributed by atoms with Gasteiger partial charge in [-0.05, 0) is 37.8 Å². The number of benzene rings is 1. The summed E-state index contributed by atoms with van der Waals surface area (Å²) >= 11 is 0. The standard InChI is InChI=1S/C16H22N2O3.C2H6/c1-11-10-14(18(20)21)8-9-15(11)12(2)16(19)17-13-6-4-3-5-7-13;1-2/h8-10,12-13H,3-7H2,1-2H3,(H,17,19);1-2H3. The first-order valence-corrected chi connectivity index (χ1v) is 8.54. The first kappa shape index (κ1) is 19.1. The number of hydrogen-bond donors (Lipinski definition) is 1. The van der Waals surface area contributed by atoms with E-state index in [2.05, 4.69) is 5.32 Å². The Hall–Kier alpha value is -1.91. The Balaban J connectivity index is 0.00000127. The SMILES string of the molecule is CC.Cc1cc([N+](=O)[O-])ccc1C(C)C(=O)NC1CCCCC1. The molecule has 1 amide bonds. The molecule has 1 N–H and O–H groups in total. The largest absolute Gasteiger partial charge is 0.353 e. The number of non-ortho nitro benzene ring substituents is 1. The minimum Gasteiger partial charge on any atom is -0.353 e. The molecule has 1 aromatic rings. The predicted octanol–water partition coefficient (Wildman–Crippen LogP) is 4.48. The Morgan fingerprint density at radius 1 is 1.26 bits per heavy atom. The van der Waals surface area contributed by atoms with Gasteiger partial charge in [0.25, 0.3) is 5.69 Å². The van der Waals surface area contributed by atoms with E-state index in [0.29, 0.717) is 0 Å². The molecule has 0 saturated heterocycles. The predicted molar refractivity (Wildman–Crippen MR) is 92.6 cm³/mol. The van der Waals surface area contributed by atoms with Gasteiger partial charge in [-0.3, -0.25) is 14.9 Å². The van der Waals surface area contributed by atoms with Crippen molar-refractivity contribution in [1.29, 1.82) is 0 Å². The first-order valence-electron chi connectivity index (χ1n) is 8.54. The van der Waals surface area contributed by atoms with E-state index in [9.17, 15) is 14.9 Å². The third kappa shape index (κ3) is 5.34. The van der Waals surface area contributed by atoms with E-state index < -0.39 is 4.92 Å². The van der Waals surface area contributed by atoms with Crippen molar-refractivity contribution in [2.75, 3.05) is 0 Å². The number of amides is 1. The van der Waals surface area contributed by atoms with Gasteiger partial charge in [0.05, 0.1) is 10.8 Å². The lowest BCUT2D eigenvalue weighted by molar-refractivity contribution is -0.384. The highest BCUT2D eigenvalue weighted by molar-refractivity contribution is 5.84. The van der Waals surface area contributed by atoms with E-state index in [0.717, 1.165) is 24.0 Å². The molecule has 0 bridgehead atoms. The third-order valence-corrected chi connectivity index (χ3v) is 4.28. The van der Waals surface area contributed by atoms with Crippen LogP contribution in [-0.4, -0.2) is 16.9 Å². The molecule has 0 heterocycles. The van der Waals surface area contributed by atoms with E-state index in [-0.39, 0.29) is 23.6 Å². The zero-order valence-corrected chi connectivity index (χ0v) is 14.6. The molecule has 0 radical (unpaired) electrons. The van der Waals surface area contributed by atoms with Crippen LogP contribution in [0.5, 0.6) is 0 Å². The molecule has 1 saturated carbocycles. The molecule has 128 valence electrons. The second-order valence-electron chi connectivity index (χ2n) is 5.86. The van der Waals surface area contributed by atoms with Gasteiger partial charge >= 0.3 is 0 Å². The summed E-state index contributed by atoms with van der Waals surface area (Å²) in [5.41, 5.74) is 1.71. The molecule has 1 fully saturated rings. The van der Waals surface area contributed by atoms with Crippen LogP contribution in [-0.2, 0) is 4.79 Å². The number of nitro benzene ring substituents is 1. The smallest absolute Gasteiger partial charge is 0.269 e. The average Bonchev–Trinajstić information content (AvgIpc) is 2.56. The second-order valence-corrected chi connectivity index (χ2v) is 5.86. The lowest BCUT2D eigenvalue weighted by atomic mass is 9.92. The van der Waals surface area contributed by atoms with Gasteiger partial charge in [0.2, 0.25) is 5.91 Å². The minimum atomic E-state index is -0.413. The van der Waals surface area contributed by atoms with Crippen LogP contribution in [0, 0.1) is 17.0 Å². The van der Waals surface area contributed by atoms with Gasteiger partial charge in [-0.2, -0.15) is 0 Å². The molecule has 5 heteroatoms. The van der Waals surface area contributed by atoms with E-state index in [4.69, 9.17) is 0 Å². The van der Waals surface area contributed by atoms with Crippen molar-refractivity contribution in [3.05, 3.63) is 39.4 Å². The van der Waals surface area contributed by atoms with Crippen LogP contribution in [0.4, 0.5) is 5.69 Å². The Labute approximate surface area is 138 Å². The fourth-order valence-electron chi connectivity index (χ4n) is 2.97. The number of nitrogens with one attached hydrogen (secondary N) is 1. The fraction of sp³-hybridized carbons (Fsp3) is 0.611. The van der Waals surface area contributed by atoms with Gasteiger partial charge in [-0.15, -0.1) is 0 Å². The summed E-state index contributed by atoms with van der Waals surface area (Å²) in [6.45, 7) is 7.67. The second kappa shape index (κ2) is 9.28. The molecule has 0 aromatic heterocycles. The molecule has 1 unspecified atom stereocenters. The highest BCUT2D eigenvalue weighted by atomic mass is 16.6. The maximum absolute atomic E-state index is 12.3. The van der Waals surface area contributed by atoms with Gasteiger partial charge < -0.3 is 5.32 Å². The van der Waals surface area contributed by atoms with Gasteiger partial charge in [0.15, 0.2) is 0 Å². The number of aryl methyl sites for hydroxylation is 1. The number of nitrogens with zero attached hydrogens (tertiary/aromatic N) is 1. The zero-order valence-electron chi connectivity index (χ0n) is 14.6. The lowest BCUT2D eigenvalue weighted by Gasteiger charge is -2.25. The molecule has 1 atom stereocenters. The topological polar surface area (TPSA) is 72.2 Å². The van der Waals surface area contributed by atoms with E-state index in [1.54, 1.807) is 6.07 Å². The van der Waals surface area contributed by atoms with E-state index in [1.165, 1.54) is 31.4 Å². The summed E-state index contributed by atoms with van der Waals surface area (Å²) in [6.07, 6.45) is 5.71. The van der Waals surface area contributed by atoms with Crippen molar-refractivity contribution in [1.82, 2.24) is 5.32 Å². The maximum Gasteiger partial charge on any atom is 0.269 e. The van der Waals surface area contributed by atoms with Crippen LogP contribution in [0.25, 0.3) is 0 Å². The number of rotatable bonds is 4. The Kier molecular flexibility index (Phi) is 7.72. The van der Waals surface area contributed by atoms with Gasteiger partial charge in [0.1, 0.15) is 0 Å². The molecule has 1 aromatic carbocycles. The molecular weight excluding hydrogens is 292 g/mol. The van der Waals surface area contributed by atoms with Crippen LogP contribution in [0.2, 0.25) is 0 Å². The number of carbonyl (C=O) groups is 1. The fourth-order valence-corrected chi connectivity index (χ4v) is 2.97. The highest BCUT2D eigenvalue weighted by Crippen LogP contribution is 2.25. The summed E-state index contributed by atoms with van der Waals surface area (Å²) < 4.78 is 0. The third-order valence-electron chi connectivity index (χ3n) is 4.28. The molecule has 1 aliphatic carbocycles. The number of carbonyl (C=O) groups excluding carboxylic acids is 1. The Bertz CT molecular complexity index is 537. The number of nitro groups is 1. The van der Waals surface area contributed by atoms with Crippen LogP contribution in [0.15, 0.2) is 18.2 Å². The summed E-state index contributed by atoms with van der Waals surface area (Å²) in [4.78, 5) is 22.7. The molecule has 23 heavy (non-hydrogen) atoms. The van der Waals surface area contributed by atoms with Crippen molar-refractivity contribution in [3.63, 3.8) is 0 Å². The summed E-state index contributed by atoms with van der Waals surface area (Å²) in [5, 5.41) is 13.9. The molecule has 2 rings (SSSR count). The summed E-state index contributed by atoms with van der Waals surface area (Å²) in [6, 6.07) is 4.97. The van der Waals surface area contributed by atoms with Crippen molar-refractivity contribution in [2.24, 2.45) is 0 Å². The van der Waals surface area contributed by atoms with Crippen molar-refractivity contribution < 1.29 is 9.72 Å². The van der Waals surface area contributed by atoms with E-state index >= 15 is 0 Å². The average molecular weight is 320 g/mol. The van der Waals surface area contributed by atoms with Crippen molar-refractivity contribution in [2.45, 2.75) is 71.8 Å². The first-order chi connectivity index (χ1) is 11.0. The zero-order chi connectivity index (χ0) is 17.4. The Morgan fingerprint density at radius 3 is 2.39 bits per heavy atom. The lowest BCUT2D eigenvalue weighted by Crippen LogP contribution is -2.38. The number of hydrogen-bond acceptors (Lipinski definition) is 3. The van der Waals surface area contributed by atoms with E-state index in [1.807, 2.05) is 27.7 Å². The molecule has 0 spiro atoms. The van der Waals surface area contributed by atoms with Gasteiger partial charge in [-0.25, -0.2) is 0 Å². The van der Waals surface area contributed by atoms with Gasteiger partial charge in [0, 0.05) is 18.2 Å². The van der Waals surface area contributed by atoms with Crippen molar-refractivity contribution in [3.8, 4) is 0 Å². The monoisotopic (exact) mass is 320 g/mol. The van der Waals surface area contributed by atoms with Crippen LogP contribution in [0.3, 0.4) is 0 Å².